The molecule has 2 saturated heterocycles. The first-order valence-electron chi connectivity index (χ1n) is 6.25. The number of carbonyl (C=O) groups excluding carboxylic acids is 1. The van der Waals surface area contributed by atoms with Gasteiger partial charge in [0.2, 0.25) is 0 Å². The van der Waals surface area contributed by atoms with Crippen molar-refractivity contribution in [1.82, 2.24) is 20.0 Å². The van der Waals surface area contributed by atoms with Gasteiger partial charge in [0.15, 0.2) is 0 Å². The lowest BCUT2D eigenvalue weighted by atomic mass is 9.97. The number of nitrogens with one attached hydrogen (secondary N) is 1. The van der Waals surface area contributed by atoms with Crippen LogP contribution in [0.4, 0.5) is 4.79 Å². The second-order valence-electron chi connectivity index (χ2n) is 5.26. The minimum Gasteiger partial charge on any atom is -0.332 e. The average Bonchev–Trinajstić information content (AvgIpc) is 2.85. The second-order valence-corrected chi connectivity index (χ2v) is 5.26. The van der Waals surface area contributed by atoms with Gasteiger partial charge in [-0.25, -0.2) is 4.79 Å². The minimum absolute atomic E-state index is 0.106. The van der Waals surface area contributed by atoms with E-state index in [1.165, 1.54) is 24.2 Å². The number of amides is 1. The third-order valence-corrected chi connectivity index (χ3v) is 3.71. The Morgan fingerprint density at radius 1 is 1.53 bits per heavy atom. The number of hydrogen-bond donors (Lipinski definition) is 1. The van der Waals surface area contributed by atoms with Gasteiger partial charge in [-0.2, -0.15) is 9.78 Å². The maximum atomic E-state index is 11.9. The Morgan fingerprint density at radius 2 is 2.41 bits per heavy atom. The first-order chi connectivity index (χ1) is 8.20. The SMILES string of the molecule is Cc1cnn(C(=O)NC2CC3CCN(C3)C2)c1. The molecular formula is C12H18N4O. The van der Waals surface area contributed by atoms with Gasteiger partial charge in [-0.15, -0.1) is 0 Å². The molecule has 0 aromatic carbocycles. The number of fused-ring (bicyclic) bond motifs is 2. The molecule has 1 aromatic rings. The average molecular weight is 234 g/mol. The van der Waals surface area contributed by atoms with E-state index in [0.717, 1.165) is 24.4 Å². The predicted molar refractivity (Wildman–Crippen MR) is 63.8 cm³/mol. The molecule has 2 fully saturated rings. The van der Waals surface area contributed by atoms with Crippen molar-refractivity contribution < 1.29 is 4.79 Å². The van der Waals surface area contributed by atoms with Crippen molar-refractivity contribution in [1.29, 1.82) is 0 Å². The highest BCUT2D eigenvalue weighted by molar-refractivity contribution is 5.76. The maximum absolute atomic E-state index is 11.9. The van der Waals surface area contributed by atoms with Crippen LogP contribution >= 0.6 is 0 Å². The number of aromatic nitrogens is 2. The van der Waals surface area contributed by atoms with Crippen LogP contribution in [0.2, 0.25) is 0 Å². The lowest BCUT2D eigenvalue weighted by molar-refractivity contribution is 0.204. The Kier molecular flexibility index (Phi) is 2.63. The molecule has 1 aromatic heterocycles. The van der Waals surface area contributed by atoms with Crippen LogP contribution in [0.5, 0.6) is 0 Å². The van der Waals surface area contributed by atoms with E-state index in [1.807, 2.05) is 6.92 Å². The summed E-state index contributed by atoms with van der Waals surface area (Å²) in [6, 6.07) is 0.179. The summed E-state index contributed by atoms with van der Waals surface area (Å²) in [6.07, 6.45) is 5.86. The smallest absolute Gasteiger partial charge is 0.332 e. The van der Waals surface area contributed by atoms with Gasteiger partial charge in [-0.05, 0) is 37.8 Å². The number of aryl methyl sites for hydroxylation is 1. The summed E-state index contributed by atoms with van der Waals surface area (Å²) in [5.74, 6) is 0.772. The number of carbonyl (C=O) groups is 1. The molecule has 3 heterocycles. The van der Waals surface area contributed by atoms with Crippen molar-refractivity contribution in [3.63, 3.8) is 0 Å². The van der Waals surface area contributed by atoms with Gasteiger partial charge in [0.05, 0.1) is 6.20 Å². The third kappa shape index (κ3) is 2.20. The molecule has 3 atom stereocenters. The first-order valence-corrected chi connectivity index (χ1v) is 6.25. The van der Waals surface area contributed by atoms with Gasteiger partial charge in [0, 0.05) is 25.3 Å². The van der Waals surface area contributed by atoms with E-state index >= 15 is 0 Å². The third-order valence-electron chi connectivity index (χ3n) is 3.71. The molecule has 3 rings (SSSR count). The Hall–Kier alpha value is -1.36. The van der Waals surface area contributed by atoms with Crippen LogP contribution in [-0.4, -0.2) is 46.4 Å². The molecule has 0 radical (unpaired) electrons. The topological polar surface area (TPSA) is 50.2 Å². The van der Waals surface area contributed by atoms with Crippen LogP contribution in [-0.2, 0) is 0 Å². The molecule has 2 aliphatic rings. The summed E-state index contributed by atoms with van der Waals surface area (Å²) in [5, 5.41) is 7.10. The van der Waals surface area contributed by atoms with Crippen molar-refractivity contribution in [2.24, 2.45) is 5.92 Å². The monoisotopic (exact) mass is 234 g/mol. The molecule has 17 heavy (non-hydrogen) atoms. The van der Waals surface area contributed by atoms with Gasteiger partial charge in [-0.1, -0.05) is 0 Å². The highest BCUT2D eigenvalue weighted by atomic mass is 16.2. The number of piperidine rings is 1. The molecule has 2 bridgehead atoms. The lowest BCUT2D eigenvalue weighted by Gasteiger charge is -2.30. The molecule has 0 spiro atoms. The highest BCUT2D eigenvalue weighted by Crippen LogP contribution is 2.26. The Balaban J connectivity index is 1.62. The molecule has 3 unspecified atom stereocenters. The second kappa shape index (κ2) is 4.14. The van der Waals surface area contributed by atoms with E-state index in [0.29, 0.717) is 0 Å². The van der Waals surface area contributed by atoms with Crippen molar-refractivity contribution in [3.05, 3.63) is 18.0 Å². The zero-order chi connectivity index (χ0) is 11.8. The summed E-state index contributed by atoms with van der Waals surface area (Å²) in [6.45, 7) is 5.33. The molecular weight excluding hydrogens is 216 g/mol. The largest absolute Gasteiger partial charge is 0.342 e. The molecule has 1 amide bonds. The fourth-order valence-corrected chi connectivity index (χ4v) is 2.93. The molecule has 2 aliphatic heterocycles. The first kappa shape index (κ1) is 10.8. The normalized spacial score (nSPS) is 31.5. The van der Waals surface area contributed by atoms with E-state index < -0.39 is 0 Å². The molecule has 92 valence electrons. The summed E-state index contributed by atoms with van der Waals surface area (Å²) in [5.41, 5.74) is 1.01. The van der Waals surface area contributed by atoms with Crippen LogP contribution in [0.15, 0.2) is 12.4 Å². The van der Waals surface area contributed by atoms with Crippen LogP contribution in [0.3, 0.4) is 0 Å². The van der Waals surface area contributed by atoms with Crippen molar-refractivity contribution in [3.8, 4) is 0 Å². The highest BCUT2D eigenvalue weighted by Gasteiger charge is 2.33. The fourth-order valence-electron chi connectivity index (χ4n) is 2.93. The van der Waals surface area contributed by atoms with Crippen LogP contribution in [0, 0.1) is 12.8 Å². The van der Waals surface area contributed by atoms with Crippen LogP contribution in [0.1, 0.15) is 18.4 Å². The Labute approximate surface area is 101 Å². The van der Waals surface area contributed by atoms with Crippen molar-refractivity contribution in [2.45, 2.75) is 25.8 Å². The van der Waals surface area contributed by atoms with E-state index in [1.54, 1.807) is 12.4 Å². The number of rotatable bonds is 1. The van der Waals surface area contributed by atoms with Crippen molar-refractivity contribution in [2.75, 3.05) is 19.6 Å². The maximum Gasteiger partial charge on any atom is 0.342 e. The fraction of sp³-hybridized carbons (Fsp3) is 0.667. The molecule has 5 heteroatoms. The number of hydrogen-bond acceptors (Lipinski definition) is 3. The summed E-state index contributed by atoms with van der Waals surface area (Å²) < 4.78 is 1.39. The van der Waals surface area contributed by atoms with Crippen molar-refractivity contribution >= 4 is 6.03 Å². The van der Waals surface area contributed by atoms with Gasteiger partial charge in [0.1, 0.15) is 0 Å². The molecule has 1 N–H and O–H groups in total. The zero-order valence-electron chi connectivity index (χ0n) is 10.1. The van der Waals surface area contributed by atoms with Crippen LogP contribution < -0.4 is 5.32 Å². The molecule has 0 saturated carbocycles. The van der Waals surface area contributed by atoms with E-state index in [-0.39, 0.29) is 12.1 Å². The standard InChI is InChI=1S/C12H18N4O/c1-9-5-13-16(6-9)12(17)14-11-4-10-2-3-15(7-10)8-11/h5-6,10-11H,2-4,7-8H2,1H3,(H,14,17). The molecule has 0 aliphatic carbocycles. The summed E-state index contributed by atoms with van der Waals surface area (Å²) >= 11 is 0. The summed E-state index contributed by atoms with van der Waals surface area (Å²) in [4.78, 5) is 14.4. The van der Waals surface area contributed by atoms with Crippen LogP contribution in [0.25, 0.3) is 0 Å². The van der Waals surface area contributed by atoms with Gasteiger partial charge in [-0.3, -0.25) is 0 Å². The van der Waals surface area contributed by atoms with E-state index in [4.69, 9.17) is 0 Å². The molecule has 5 nitrogen and oxygen atoms in total. The quantitative estimate of drug-likeness (QED) is 0.783. The Morgan fingerprint density at radius 3 is 3.12 bits per heavy atom. The minimum atomic E-state index is -0.106. The zero-order valence-corrected chi connectivity index (χ0v) is 10.1. The Bertz CT molecular complexity index is 416. The number of nitrogens with zero attached hydrogens (tertiary/aromatic N) is 3. The summed E-state index contributed by atoms with van der Waals surface area (Å²) in [7, 11) is 0. The lowest BCUT2D eigenvalue weighted by Crippen LogP contribution is -2.48. The predicted octanol–water partition coefficient (Wildman–Crippen LogP) is 0.843. The van der Waals surface area contributed by atoms with Gasteiger partial charge in [0.25, 0.3) is 0 Å². The van der Waals surface area contributed by atoms with E-state index in [9.17, 15) is 4.79 Å². The van der Waals surface area contributed by atoms with Gasteiger partial charge < -0.3 is 10.2 Å². The van der Waals surface area contributed by atoms with E-state index in [2.05, 4.69) is 15.3 Å². The van der Waals surface area contributed by atoms with Gasteiger partial charge >= 0.3 is 6.03 Å².